The normalized spacial score (nSPS) is 22.2. The maximum absolute atomic E-state index is 13.5. The number of piperazine rings is 1. The molecule has 1 amide bonds. The molecule has 1 atom stereocenters. The van der Waals surface area contributed by atoms with E-state index in [1.54, 1.807) is 12.1 Å². The van der Waals surface area contributed by atoms with Gasteiger partial charge in [0.2, 0.25) is 0 Å². The van der Waals surface area contributed by atoms with Gasteiger partial charge in [0.05, 0.1) is 6.04 Å². The Bertz CT molecular complexity index is 817. The van der Waals surface area contributed by atoms with E-state index in [0.717, 1.165) is 13.1 Å². The van der Waals surface area contributed by atoms with E-state index in [2.05, 4.69) is 43.0 Å². The molecule has 4 rings (SSSR count). The summed E-state index contributed by atoms with van der Waals surface area (Å²) in [4.78, 5) is 17.2. The van der Waals surface area contributed by atoms with Crippen molar-refractivity contribution >= 4 is 5.91 Å². The monoisotopic (exact) mass is 338 g/mol. The van der Waals surface area contributed by atoms with Crippen LogP contribution in [0, 0.1) is 5.82 Å². The highest BCUT2D eigenvalue weighted by atomic mass is 19.1. The highest BCUT2D eigenvalue weighted by Crippen LogP contribution is 2.41. The van der Waals surface area contributed by atoms with Crippen molar-refractivity contribution in [3.8, 4) is 0 Å². The molecular formula is C21H23FN2O. The van der Waals surface area contributed by atoms with Crippen LogP contribution in [0.4, 0.5) is 4.39 Å². The lowest BCUT2D eigenvalue weighted by molar-refractivity contribution is 0.0359. The number of fused-ring (bicyclic) bond motifs is 3. The van der Waals surface area contributed by atoms with Crippen LogP contribution in [0.1, 0.15) is 41.4 Å². The fourth-order valence-corrected chi connectivity index (χ4v) is 4.29. The van der Waals surface area contributed by atoms with Crippen molar-refractivity contribution < 1.29 is 9.18 Å². The van der Waals surface area contributed by atoms with Crippen LogP contribution in [-0.2, 0) is 5.41 Å². The van der Waals surface area contributed by atoms with Gasteiger partial charge in [-0.25, -0.2) is 4.39 Å². The molecule has 130 valence electrons. The highest BCUT2D eigenvalue weighted by molar-refractivity contribution is 5.94. The summed E-state index contributed by atoms with van der Waals surface area (Å²) >= 11 is 0. The summed E-state index contributed by atoms with van der Waals surface area (Å²) in [7, 11) is 0. The standard InChI is InChI=1S/C21H23FN2O/c1-21(2)14-24-11-10-23(20(25)15-6-5-7-16(22)12-15)13-19(24)17-8-3-4-9-18(17)21/h3-9,12,19H,10-11,13-14H2,1-2H3. The number of amides is 1. The largest absolute Gasteiger partial charge is 0.335 e. The molecular weight excluding hydrogens is 315 g/mol. The topological polar surface area (TPSA) is 23.6 Å². The molecule has 1 fully saturated rings. The molecule has 1 saturated heterocycles. The molecule has 2 aliphatic rings. The lowest BCUT2D eigenvalue weighted by Crippen LogP contribution is -2.55. The zero-order valence-corrected chi connectivity index (χ0v) is 14.7. The van der Waals surface area contributed by atoms with Gasteiger partial charge in [0, 0.05) is 37.2 Å². The summed E-state index contributed by atoms with van der Waals surface area (Å²) in [6, 6.07) is 14.8. The molecule has 3 nitrogen and oxygen atoms in total. The molecule has 0 N–H and O–H groups in total. The van der Waals surface area contributed by atoms with Gasteiger partial charge in [0.15, 0.2) is 0 Å². The molecule has 2 aromatic carbocycles. The summed E-state index contributed by atoms with van der Waals surface area (Å²) in [5.74, 6) is -0.448. The molecule has 0 aliphatic carbocycles. The van der Waals surface area contributed by atoms with Crippen molar-refractivity contribution in [2.45, 2.75) is 25.3 Å². The van der Waals surface area contributed by atoms with Gasteiger partial charge in [0.25, 0.3) is 5.91 Å². The Hall–Kier alpha value is -2.20. The van der Waals surface area contributed by atoms with Crippen LogP contribution in [0.15, 0.2) is 48.5 Å². The van der Waals surface area contributed by atoms with Crippen LogP contribution in [-0.4, -0.2) is 41.9 Å². The number of carbonyl (C=O) groups excluding carboxylic acids is 1. The van der Waals surface area contributed by atoms with Crippen molar-refractivity contribution in [2.75, 3.05) is 26.2 Å². The lowest BCUT2D eigenvalue weighted by Gasteiger charge is -2.50. The minimum absolute atomic E-state index is 0.0820. The molecule has 0 spiro atoms. The first-order chi connectivity index (χ1) is 12.0. The summed E-state index contributed by atoms with van der Waals surface area (Å²) in [5.41, 5.74) is 3.23. The van der Waals surface area contributed by atoms with E-state index in [0.29, 0.717) is 18.7 Å². The maximum Gasteiger partial charge on any atom is 0.254 e. The van der Waals surface area contributed by atoms with Crippen molar-refractivity contribution in [1.29, 1.82) is 0 Å². The SMILES string of the molecule is CC1(C)CN2CCN(C(=O)c3cccc(F)c3)CC2c2ccccc21. The summed E-state index contributed by atoms with van der Waals surface area (Å²) < 4.78 is 13.5. The average Bonchev–Trinajstić information content (AvgIpc) is 2.61. The molecule has 0 aromatic heterocycles. The number of nitrogens with zero attached hydrogens (tertiary/aromatic N) is 2. The van der Waals surface area contributed by atoms with Gasteiger partial charge in [-0.3, -0.25) is 9.69 Å². The first-order valence-corrected chi connectivity index (χ1v) is 8.84. The van der Waals surface area contributed by atoms with Crippen LogP contribution in [0.25, 0.3) is 0 Å². The zero-order chi connectivity index (χ0) is 17.6. The number of hydrogen-bond donors (Lipinski definition) is 0. The second-order valence-corrected chi connectivity index (χ2v) is 7.72. The van der Waals surface area contributed by atoms with E-state index in [4.69, 9.17) is 0 Å². The summed E-state index contributed by atoms with van der Waals surface area (Å²) in [5, 5.41) is 0. The highest BCUT2D eigenvalue weighted by Gasteiger charge is 2.40. The molecule has 2 aliphatic heterocycles. The number of hydrogen-bond acceptors (Lipinski definition) is 2. The minimum atomic E-state index is -0.366. The molecule has 0 bridgehead atoms. The fraction of sp³-hybridized carbons (Fsp3) is 0.381. The van der Waals surface area contributed by atoms with Crippen molar-refractivity contribution in [3.05, 3.63) is 71.0 Å². The Morgan fingerprint density at radius 2 is 1.92 bits per heavy atom. The van der Waals surface area contributed by atoms with Crippen LogP contribution in [0.3, 0.4) is 0 Å². The van der Waals surface area contributed by atoms with E-state index >= 15 is 0 Å². The van der Waals surface area contributed by atoms with Crippen LogP contribution < -0.4 is 0 Å². The zero-order valence-electron chi connectivity index (χ0n) is 14.7. The Morgan fingerprint density at radius 3 is 2.72 bits per heavy atom. The van der Waals surface area contributed by atoms with E-state index in [1.165, 1.54) is 23.3 Å². The fourth-order valence-electron chi connectivity index (χ4n) is 4.29. The predicted molar refractivity (Wildman–Crippen MR) is 96.1 cm³/mol. The van der Waals surface area contributed by atoms with Gasteiger partial charge in [-0.15, -0.1) is 0 Å². The molecule has 1 unspecified atom stereocenters. The number of benzene rings is 2. The first-order valence-electron chi connectivity index (χ1n) is 8.84. The van der Waals surface area contributed by atoms with Gasteiger partial charge in [-0.2, -0.15) is 0 Å². The van der Waals surface area contributed by atoms with Crippen LogP contribution in [0.2, 0.25) is 0 Å². The Balaban J connectivity index is 1.63. The molecule has 0 saturated carbocycles. The predicted octanol–water partition coefficient (Wildman–Crippen LogP) is 3.62. The average molecular weight is 338 g/mol. The van der Waals surface area contributed by atoms with Crippen LogP contribution in [0.5, 0.6) is 0 Å². The third kappa shape index (κ3) is 2.85. The second kappa shape index (κ2) is 5.95. The third-order valence-corrected chi connectivity index (χ3v) is 5.50. The Kier molecular flexibility index (Phi) is 3.88. The minimum Gasteiger partial charge on any atom is -0.335 e. The first kappa shape index (κ1) is 16.3. The molecule has 2 heterocycles. The Morgan fingerprint density at radius 1 is 1.12 bits per heavy atom. The van der Waals surface area contributed by atoms with Crippen molar-refractivity contribution in [3.63, 3.8) is 0 Å². The maximum atomic E-state index is 13.5. The van der Waals surface area contributed by atoms with Gasteiger partial charge in [0.1, 0.15) is 5.82 Å². The Labute approximate surface area is 148 Å². The van der Waals surface area contributed by atoms with E-state index in [1.807, 2.05) is 4.90 Å². The van der Waals surface area contributed by atoms with E-state index in [-0.39, 0.29) is 23.2 Å². The lowest BCUT2D eigenvalue weighted by atomic mass is 9.75. The quantitative estimate of drug-likeness (QED) is 0.793. The van der Waals surface area contributed by atoms with E-state index in [9.17, 15) is 9.18 Å². The smallest absolute Gasteiger partial charge is 0.254 e. The third-order valence-electron chi connectivity index (χ3n) is 5.50. The molecule has 4 heteroatoms. The number of carbonyl (C=O) groups is 1. The van der Waals surface area contributed by atoms with E-state index < -0.39 is 0 Å². The van der Waals surface area contributed by atoms with Crippen molar-refractivity contribution in [2.24, 2.45) is 0 Å². The second-order valence-electron chi connectivity index (χ2n) is 7.72. The molecule has 2 aromatic rings. The van der Waals surface area contributed by atoms with Crippen LogP contribution >= 0.6 is 0 Å². The van der Waals surface area contributed by atoms with Gasteiger partial charge < -0.3 is 4.90 Å². The van der Waals surface area contributed by atoms with Gasteiger partial charge in [-0.1, -0.05) is 44.2 Å². The van der Waals surface area contributed by atoms with Crippen molar-refractivity contribution in [1.82, 2.24) is 9.80 Å². The summed E-state index contributed by atoms with van der Waals surface area (Å²) in [6.07, 6.45) is 0. The van der Waals surface area contributed by atoms with Gasteiger partial charge in [-0.05, 0) is 29.3 Å². The summed E-state index contributed by atoms with van der Waals surface area (Å²) in [6.45, 7) is 7.76. The molecule has 0 radical (unpaired) electrons. The number of rotatable bonds is 1. The number of halogens is 1. The van der Waals surface area contributed by atoms with Gasteiger partial charge >= 0.3 is 0 Å². The molecule has 25 heavy (non-hydrogen) atoms.